The molecule has 3 aromatic rings. The van der Waals surface area contributed by atoms with E-state index in [1.807, 2.05) is 16.7 Å². The maximum Gasteiger partial charge on any atom is 0.229 e. The lowest BCUT2D eigenvalue weighted by Gasteiger charge is -2.32. The molecule has 0 saturated carbocycles. The van der Waals surface area contributed by atoms with E-state index in [1.165, 1.54) is 40.0 Å². The Balaban J connectivity index is 1.33. The number of aryl methyl sites for hydroxylation is 2. The van der Waals surface area contributed by atoms with Crippen molar-refractivity contribution in [3.05, 3.63) is 28.3 Å². The Morgan fingerprint density at radius 2 is 2.08 bits per heavy atom. The molecule has 4 heterocycles. The van der Waals surface area contributed by atoms with Crippen LogP contribution >= 0.6 is 22.7 Å². The second kappa shape index (κ2) is 6.59. The highest BCUT2D eigenvalue weighted by Gasteiger charge is 2.29. The Labute approximate surface area is 159 Å². The summed E-state index contributed by atoms with van der Waals surface area (Å²) in [5, 5.41) is 6.75. The van der Waals surface area contributed by atoms with Gasteiger partial charge in [0.1, 0.15) is 17.0 Å². The Kier molecular flexibility index (Phi) is 4.09. The van der Waals surface area contributed by atoms with Crippen molar-refractivity contribution in [2.24, 2.45) is 5.92 Å². The third-order valence-electron chi connectivity index (χ3n) is 5.31. The minimum atomic E-state index is 0.0423. The summed E-state index contributed by atoms with van der Waals surface area (Å²) in [5.74, 6) is 1.19. The van der Waals surface area contributed by atoms with Crippen molar-refractivity contribution in [3.8, 4) is 0 Å². The van der Waals surface area contributed by atoms with Crippen molar-refractivity contribution in [1.82, 2.24) is 15.0 Å². The molecule has 5 rings (SSSR count). The average Bonchev–Trinajstić information content (AvgIpc) is 3.38. The molecule has 0 unspecified atom stereocenters. The number of thiazole rings is 1. The van der Waals surface area contributed by atoms with Crippen molar-refractivity contribution < 1.29 is 4.79 Å². The number of rotatable bonds is 3. The van der Waals surface area contributed by atoms with Gasteiger partial charge < -0.3 is 10.2 Å². The first kappa shape index (κ1) is 16.1. The second-order valence-corrected chi connectivity index (χ2v) is 8.80. The molecule has 8 heteroatoms. The van der Waals surface area contributed by atoms with E-state index in [1.54, 1.807) is 12.5 Å². The summed E-state index contributed by atoms with van der Waals surface area (Å²) in [4.78, 5) is 30.6. The van der Waals surface area contributed by atoms with E-state index < -0.39 is 0 Å². The van der Waals surface area contributed by atoms with Crippen LogP contribution in [0.15, 0.2) is 17.9 Å². The molecule has 1 N–H and O–H groups in total. The highest BCUT2D eigenvalue weighted by molar-refractivity contribution is 7.19. The summed E-state index contributed by atoms with van der Waals surface area (Å²) < 4.78 is 0. The van der Waals surface area contributed by atoms with Gasteiger partial charge in [0.05, 0.1) is 5.39 Å². The molecule has 1 aliphatic heterocycles. The molecule has 2 aliphatic rings. The van der Waals surface area contributed by atoms with Crippen LogP contribution in [0.3, 0.4) is 0 Å². The molecule has 3 aromatic heterocycles. The van der Waals surface area contributed by atoms with Crippen molar-refractivity contribution in [2.75, 3.05) is 23.3 Å². The van der Waals surface area contributed by atoms with Crippen molar-refractivity contribution in [3.63, 3.8) is 0 Å². The topological polar surface area (TPSA) is 71.0 Å². The molecular formula is C18H19N5OS2. The number of nitrogens with one attached hydrogen (secondary N) is 1. The number of piperidine rings is 1. The van der Waals surface area contributed by atoms with Crippen LogP contribution in [0.5, 0.6) is 0 Å². The third-order valence-corrected chi connectivity index (χ3v) is 7.20. The fraction of sp³-hybridized carbons (Fsp3) is 0.444. The molecule has 0 spiro atoms. The normalized spacial score (nSPS) is 17.6. The molecule has 0 atom stereocenters. The van der Waals surface area contributed by atoms with Crippen molar-refractivity contribution >= 4 is 49.7 Å². The third kappa shape index (κ3) is 2.77. The summed E-state index contributed by atoms with van der Waals surface area (Å²) in [5.41, 5.74) is 1.46. The SMILES string of the molecule is O=C(Nc1nccs1)C1CCN(c2ncnc3sc4c(c23)CCC4)CC1. The number of nitrogens with zero attached hydrogens (tertiary/aromatic N) is 4. The molecule has 6 nitrogen and oxygen atoms in total. The van der Waals surface area contributed by atoms with Crippen LogP contribution in [-0.4, -0.2) is 33.9 Å². The van der Waals surface area contributed by atoms with Gasteiger partial charge in [0.2, 0.25) is 5.91 Å². The van der Waals surface area contributed by atoms with Crippen LogP contribution in [0.1, 0.15) is 29.7 Å². The zero-order chi connectivity index (χ0) is 17.5. The smallest absolute Gasteiger partial charge is 0.229 e. The fourth-order valence-electron chi connectivity index (χ4n) is 4.00. The quantitative estimate of drug-likeness (QED) is 0.747. The van der Waals surface area contributed by atoms with Gasteiger partial charge in [0.25, 0.3) is 0 Å². The number of fused-ring (bicyclic) bond motifs is 3. The van der Waals surface area contributed by atoms with E-state index in [9.17, 15) is 4.79 Å². The molecule has 1 saturated heterocycles. The molecule has 1 fully saturated rings. The predicted octanol–water partition coefficient (Wildman–Crippen LogP) is 3.49. The number of carbonyl (C=O) groups excluding carboxylic acids is 1. The predicted molar refractivity (Wildman–Crippen MR) is 105 cm³/mol. The molecule has 0 radical (unpaired) electrons. The van der Waals surface area contributed by atoms with Crippen molar-refractivity contribution in [2.45, 2.75) is 32.1 Å². The van der Waals surface area contributed by atoms with E-state index in [0.717, 1.165) is 43.0 Å². The van der Waals surface area contributed by atoms with E-state index in [4.69, 9.17) is 0 Å². The van der Waals surface area contributed by atoms with Crippen LogP contribution in [0.2, 0.25) is 0 Å². The van der Waals surface area contributed by atoms with Crippen molar-refractivity contribution in [1.29, 1.82) is 0 Å². The number of aromatic nitrogens is 3. The highest BCUT2D eigenvalue weighted by Crippen LogP contribution is 2.40. The molecule has 0 aromatic carbocycles. The maximum absolute atomic E-state index is 12.4. The van der Waals surface area contributed by atoms with E-state index in [2.05, 4.69) is 25.2 Å². The number of amides is 1. The monoisotopic (exact) mass is 385 g/mol. The van der Waals surface area contributed by atoms with E-state index in [-0.39, 0.29) is 11.8 Å². The summed E-state index contributed by atoms with van der Waals surface area (Å²) in [6.07, 6.45) is 8.64. The lowest BCUT2D eigenvalue weighted by Crippen LogP contribution is -2.38. The first-order valence-corrected chi connectivity index (χ1v) is 10.7. The van der Waals surface area contributed by atoms with Crippen LogP contribution in [-0.2, 0) is 17.6 Å². The minimum absolute atomic E-state index is 0.0423. The van der Waals surface area contributed by atoms with E-state index in [0.29, 0.717) is 5.13 Å². The van der Waals surface area contributed by atoms with Gasteiger partial charge in [-0.1, -0.05) is 0 Å². The van der Waals surface area contributed by atoms with Gasteiger partial charge in [0.15, 0.2) is 5.13 Å². The lowest BCUT2D eigenvalue weighted by atomic mass is 9.95. The first-order valence-electron chi connectivity index (χ1n) is 9.00. The number of carbonyl (C=O) groups is 1. The number of thiophene rings is 1. The van der Waals surface area contributed by atoms with Crippen LogP contribution < -0.4 is 10.2 Å². The zero-order valence-corrected chi connectivity index (χ0v) is 15.9. The fourth-order valence-corrected chi connectivity index (χ4v) is 5.75. The largest absolute Gasteiger partial charge is 0.356 e. The van der Waals surface area contributed by atoms with Gasteiger partial charge in [-0.25, -0.2) is 15.0 Å². The Hall–Kier alpha value is -2.06. The van der Waals surface area contributed by atoms with E-state index >= 15 is 0 Å². The number of anilines is 2. The van der Waals surface area contributed by atoms with Crippen LogP contribution in [0, 0.1) is 5.92 Å². The summed E-state index contributed by atoms with van der Waals surface area (Å²) in [6.45, 7) is 1.71. The molecule has 1 amide bonds. The summed E-state index contributed by atoms with van der Waals surface area (Å²) in [6, 6.07) is 0. The molecule has 0 bridgehead atoms. The van der Waals surface area contributed by atoms with Gasteiger partial charge in [-0.3, -0.25) is 4.79 Å². The Bertz CT molecular complexity index is 944. The molecular weight excluding hydrogens is 366 g/mol. The molecule has 1 aliphatic carbocycles. The zero-order valence-electron chi connectivity index (χ0n) is 14.3. The number of hydrogen-bond acceptors (Lipinski definition) is 7. The Morgan fingerprint density at radius 1 is 1.19 bits per heavy atom. The van der Waals surface area contributed by atoms with Gasteiger partial charge in [0, 0.05) is 35.5 Å². The molecule has 26 heavy (non-hydrogen) atoms. The maximum atomic E-state index is 12.4. The highest BCUT2D eigenvalue weighted by atomic mass is 32.1. The Morgan fingerprint density at radius 3 is 2.88 bits per heavy atom. The average molecular weight is 386 g/mol. The van der Waals surface area contributed by atoms with Gasteiger partial charge >= 0.3 is 0 Å². The van der Waals surface area contributed by atoms with Gasteiger partial charge in [-0.05, 0) is 37.7 Å². The van der Waals surface area contributed by atoms with Gasteiger partial charge in [-0.2, -0.15) is 0 Å². The first-order chi connectivity index (χ1) is 12.8. The lowest BCUT2D eigenvalue weighted by molar-refractivity contribution is -0.120. The summed E-state index contributed by atoms with van der Waals surface area (Å²) >= 11 is 3.28. The minimum Gasteiger partial charge on any atom is -0.356 e. The molecule has 134 valence electrons. The van der Waals surface area contributed by atoms with Crippen LogP contribution in [0.4, 0.5) is 10.9 Å². The van der Waals surface area contributed by atoms with Gasteiger partial charge in [-0.15, -0.1) is 22.7 Å². The van der Waals surface area contributed by atoms with Crippen LogP contribution in [0.25, 0.3) is 10.2 Å². The second-order valence-electron chi connectivity index (χ2n) is 6.82. The summed E-state index contributed by atoms with van der Waals surface area (Å²) in [7, 11) is 0. The standard InChI is InChI=1S/C18H19N5OS2/c24-16(22-18-19-6-9-25-18)11-4-7-23(8-5-11)15-14-12-2-1-3-13(12)26-17(14)21-10-20-15/h6,9-11H,1-5,7-8H2,(H,19,22,24). The number of hydrogen-bond donors (Lipinski definition) is 1.